The van der Waals surface area contributed by atoms with Crippen LogP contribution in [0.25, 0.3) is 0 Å². The molecule has 3 heteroatoms. The smallest absolute Gasteiger partial charge is 0.129 e. The first-order chi connectivity index (χ1) is 8.63. The first kappa shape index (κ1) is 13.5. The summed E-state index contributed by atoms with van der Waals surface area (Å²) < 4.78 is 26.8. The number of nitrogens with two attached hydrogens (primary N) is 1. The van der Waals surface area contributed by atoms with Crippen LogP contribution >= 0.6 is 0 Å². The van der Waals surface area contributed by atoms with Gasteiger partial charge in [0.25, 0.3) is 0 Å². The van der Waals surface area contributed by atoms with E-state index in [0.29, 0.717) is 23.9 Å². The van der Waals surface area contributed by atoms with Gasteiger partial charge in [-0.25, -0.2) is 8.78 Å². The molecule has 2 N–H and O–H groups in total. The van der Waals surface area contributed by atoms with E-state index in [1.54, 1.807) is 6.07 Å². The molecule has 1 aliphatic carbocycles. The maximum atomic E-state index is 13.9. The number of hydrogen-bond donors (Lipinski definition) is 1. The fourth-order valence-electron chi connectivity index (χ4n) is 3.28. The van der Waals surface area contributed by atoms with Crippen molar-refractivity contribution < 1.29 is 8.78 Å². The van der Waals surface area contributed by atoms with Crippen molar-refractivity contribution in [2.45, 2.75) is 38.5 Å². The molecule has 1 fully saturated rings. The van der Waals surface area contributed by atoms with E-state index in [2.05, 4.69) is 6.92 Å². The molecule has 1 saturated carbocycles. The maximum Gasteiger partial charge on any atom is 0.129 e. The summed E-state index contributed by atoms with van der Waals surface area (Å²) in [4.78, 5) is 0. The summed E-state index contributed by atoms with van der Waals surface area (Å²) in [5.74, 6) is 0.0216. The topological polar surface area (TPSA) is 26.0 Å². The van der Waals surface area contributed by atoms with E-state index in [0.717, 1.165) is 12.5 Å². The Kier molecular flexibility index (Phi) is 4.33. The maximum absolute atomic E-state index is 13.9. The van der Waals surface area contributed by atoms with E-state index in [-0.39, 0.29) is 5.92 Å². The number of hydrogen-bond acceptors (Lipinski definition) is 1. The van der Waals surface area contributed by atoms with Crippen molar-refractivity contribution in [2.75, 3.05) is 6.54 Å². The highest BCUT2D eigenvalue weighted by Crippen LogP contribution is 2.40. The molecule has 2 rings (SSSR count). The van der Waals surface area contributed by atoms with Crippen molar-refractivity contribution in [3.8, 4) is 0 Å². The monoisotopic (exact) mass is 253 g/mol. The molecule has 0 radical (unpaired) electrons. The summed E-state index contributed by atoms with van der Waals surface area (Å²) in [6.45, 7) is 2.64. The van der Waals surface area contributed by atoms with Crippen LogP contribution in [-0.4, -0.2) is 6.54 Å². The molecule has 100 valence electrons. The Balaban J connectivity index is 2.26. The van der Waals surface area contributed by atoms with Gasteiger partial charge in [0.2, 0.25) is 0 Å². The van der Waals surface area contributed by atoms with Crippen molar-refractivity contribution in [3.05, 3.63) is 35.4 Å². The Morgan fingerprint density at radius 3 is 2.61 bits per heavy atom. The van der Waals surface area contributed by atoms with E-state index in [4.69, 9.17) is 5.73 Å². The largest absolute Gasteiger partial charge is 0.330 e. The van der Waals surface area contributed by atoms with Crippen LogP contribution in [-0.2, 0) is 0 Å². The van der Waals surface area contributed by atoms with Crippen molar-refractivity contribution >= 4 is 0 Å². The number of halogens is 2. The lowest BCUT2D eigenvalue weighted by Gasteiger charge is -2.35. The van der Waals surface area contributed by atoms with Gasteiger partial charge >= 0.3 is 0 Å². The standard InChI is InChI=1S/C15H21F2N/c1-10-4-2-3-5-12(10)14(9-18)13-7-6-11(16)8-15(13)17/h6-8,10,12,14H,2-5,9,18H2,1H3. The zero-order valence-electron chi connectivity index (χ0n) is 10.8. The van der Waals surface area contributed by atoms with Gasteiger partial charge in [-0.2, -0.15) is 0 Å². The van der Waals surface area contributed by atoms with Crippen molar-refractivity contribution in [2.24, 2.45) is 17.6 Å². The van der Waals surface area contributed by atoms with Crippen LogP contribution in [0.4, 0.5) is 8.78 Å². The predicted molar refractivity (Wildman–Crippen MR) is 69.3 cm³/mol. The first-order valence-electron chi connectivity index (χ1n) is 6.78. The van der Waals surface area contributed by atoms with Gasteiger partial charge in [-0.05, 0) is 36.4 Å². The minimum Gasteiger partial charge on any atom is -0.330 e. The summed E-state index contributed by atoms with van der Waals surface area (Å²) in [6.07, 6.45) is 4.72. The molecule has 0 bridgehead atoms. The molecule has 0 saturated heterocycles. The Labute approximate surface area is 107 Å². The lowest BCUT2D eigenvalue weighted by Crippen LogP contribution is -2.29. The van der Waals surface area contributed by atoms with Crippen LogP contribution in [0.3, 0.4) is 0 Å². The summed E-state index contributed by atoms with van der Waals surface area (Å²) in [5.41, 5.74) is 6.43. The highest BCUT2D eigenvalue weighted by Gasteiger charge is 2.30. The molecule has 1 aliphatic rings. The third kappa shape index (κ3) is 2.72. The van der Waals surface area contributed by atoms with Gasteiger partial charge in [0, 0.05) is 12.0 Å². The second kappa shape index (κ2) is 5.79. The fourth-order valence-corrected chi connectivity index (χ4v) is 3.28. The second-order valence-electron chi connectivity index (χ2n) is 5.43. The Morgan fingerprint density at radius 1 is 1.28 bits per heavy atom. The average molecular weight is 253 g/mol. The molecule has 1 nitrogen and oxygen atoms in total. The van der Waals surface area contributed by atoms with Crippen LogP contribution in [0, 0.1) is 23.5 Å². The van der Waals surface area contributed by atoms with Gasteiger partial charge in [-0.15, -0.1) is 0 Å². The highest BCUT2D eigenvalue weighted by atomic mass is 19.1. The SMILES string of the molecule is CC1CCCCC1C(CN)c1ccc(F)cc1F. The van der Waals surface area contributed by atoms with E-state index < -0.39 is 11.6 Å². The fraction of sp³-hybridized carbons (Fsp3) is 0.600. The molecule has 18 heavy (non-hydrogen) atoms. The van der Waals surface area contributed by atoms with Gasteiger partial charge in [0.1, 0.15) is 11.6 Å². The van der Waals surface area contributed by atoms with Crippen LogP contribution in [0.15, 0.2) is 18.2 Å². The molecule has 3 atom stereocenters. The van der Waals surface area contributed by atoms with E-state index in [1.807, 2.05) is 0 Å². The molecule has 3 unspecified atom stereocenters. The molecule has 1 aromatic carbocycles. The molecule has 1 aromatic rings. The van der Waals surface area contributed by atoms with Gasteiger partial charge in [-0.1, -0.05) is 32.3 Å². The predicted octanol–water partition coefficient (Wildman–Crippen LogP) is 3.83. The summed E-state index contributed by atoms with van der Waals surface area (Å²) >= 11 is 0. The zero-order chi connectivity index (χ0) is 13.1. The lowest BCUT2D eigenvalue weighted by molar-refractivity contribution is 0.216. The molecule has 0 amide bonds. The molecular weight excluding hydrogens is 232 g/mol. The number of benzene rings is 1. The van der Waals surface area contributed by atoms with Crippen LogP contribution < -0.4 is 5.73 Å². The quantitative estimate of drug-likeness (QED) is 0.870. The van der Waals surface area contributed by atoms with Crippen LogP contribution in [0.1, 0.15) is 44.1 Å². The summed E-state index contributed by atoms with van der Waals surface area (Å²) in [7, 11) is 0. The minimum atomic E-state index is -0.524. The van der Waals surface area contributed by atoms with Gasteiger partial charge in [0.05, 0.1) is 0 Å². The second-order valence-corrected chi connectivity index (χ2v) is 5.43. The molecule has 0 spiro atoms. The third-order valence-electron chi connectivity index (χ3n) is 4.31. The third-order valence-corrected chi connectivity index (χ3v) is 4.31. The average Bonchev–Trinajstić information content (AvgIpc) is 2.34. The summed E-state index contributed by atoms with van der Waals surface area (Å²) in [5, 5.41) is 0. The molecule has 0 aliphatic heterocycles. The minimum absolute atomic E-state index is 0.0147. The molecular formula is C15H21F2N. The van der Waals surface area contributed by atoms with Crippen molar-refractivity contribution in [1.82, 2.24) is 0 Å². The highest BCUT2D eigenvalue weighted by molar-refractivity contribution is 5.24. The first-order valence-corrected chi connectivity index (χ1v) is 6.78. The van der Waals surface area contributed by atoms with Gasteiger partial charge in [0.15, 0.2) is 0 Å². The Morgan fingerprint density at radius 2 is 2.00 bits per heavy atom. The Bertz CT molecular complexity index is 405. The van der Waals surface area contributed by atoms with E-state index in [1.165, 1.54) is 25.3 Å². The van der Waals surface area contributed by atoms with Gasteiger partial charge in [-0.3, -0.25) is 0 Å². The Hall–Kier alpha value is -0.960. The van der Waals surface area contributed by atoms with Crippen molar-refractivity contribution in [1.29, 1.82) is 0 Å². The summed E-state index contributed by atoms with van der Waals surface area (Å²) in [6, 6.07) is 3.85. The number of rotatable bonds is 3. The van der Waals surface area contributed by atoms with Crippen LogP contribution in [0.2, 0.25) is 0 Å². The molecule has 0 aromatic heterocycles. The normalized spacial score (nSPS) is 26.0. The zero-order valence-corrected chi connectivity index (χ0v) is 10.8. The molecule has 0 heterocycles. The lowest BCUT2D eigenvalue weighted by atomic mass is 9.71. The van der Waals surface area contributed by atoms with E-state index in [9.17, 15) is 8.78 Å². The van der Waals surface area contributed by atoms with Crippen molar-refractivity contribution in [3.63, 3.8) is 0 Å². The van der Waals surface area contributed by atoms with E-state index >= 15 is 0 Å². The van der Waals surface area contributed by atoms with Crippen LogP contribution in [0.5, 0.6) is 0 Å². The van der Waals surface area contributed by atoms with Gasteiger partial charge < -0.3 is 5.73 Å².